The SMILES string of the molecule is C[C@@H]1C[C@@H](C(=O)O)c2ccccc2N1C(=O)c1ccc(F)cc1. The van der Waals surface area contributed by atoms with Gasteiger partial charge in [0.05, 0.1) is 5.92 Å². The number of nitrogens with zero attached hydrogens (tertiary/aromatic N) is 1. The number of aliphatic carboxylic acids is 1. The van der Waals surface area contributed by atoms with E-state index in [1.807, 2.05) is 6.92 Å². The number of carbonyl (C=O) groups is 2. The van der Waals surface area contributed by atoms with Crippen LogP contribution in [0.4, 0.5) is 10.1 Å². The van der Waals surface area contributed by atoms with Gasteiger partial charge < -0.3 is 10.0 Å². The topological polar surface area (TPSA) is 57.6 Å². The highest BCUT2D eigenvalue weighted by Gasteiger charge is 2.37. The monoisotopic (exact) mass is 313 g/mol. The Morgan fingerprint density at radius 2 is 1.78 bits per heavy atom. The summed E-state index contributed by atoms with van der Waals surface area (Å²) in [6, 6.07) is 12.1. The lowest BCUT2D eigenvalue weighted by Gasteiger charge is -2.38. The molecule has 0 saturated carbocycles. The summed E-state index contributed by atoms with van der Waals surface area (Å²) in [6.07, 6.45) is 0.347. The number of para-hydroxylation sites is 1. The van der Waals surface area contributed by atoms with E-state index < -0.39 is 17.7 Å². The minimum atomic E-state index is -0.891. The van der Waals surface area contributed by atoms with Gasteiger partial charge in [0, 0.05) is 17.3 Å². The molecule has 0 aliphatic carbocycles. The first kappa shape index (κ1) is 15.2. The number of rotatable bonds is 2. The van der Waals surface area contributed by atoms with Crippen molar-refractivity contribution in [3.05, 3.63) is 65.5 Å². The largest absolute Gasteiger partial charge is 0.481 e. The zero-order valence-corrected chi connectivity index (χ0v) is 12.6. The first-order valence-corrected chi connectivity index (χ1v) is 7.40. The van der Waals surface area contributed by atoms with Crippen LogP contribution in [0, 0.1) is 5.82 Å². The van der Waals surface area contributed by atoms with Crippen molar-refractivity contribution < 1.29 is 19.1 Å². The van der Waals surface area contributed by atoms with Gasteiger partial charge in [0.1, 0.15) is 5.82 Å². The summed E-state index contributed by atoms with van der Waals surface area (Å²) >= 11 is 0. The fraction of sp³-hybridized carbons (Fsp3) is 0.222. The maximum atomic E-state index is 13.1. The zero-order valence-electron chi connectivity index (χ0n) is 12.6. The smallest absolute Gasteiger partial charge is 0.311 e. The third-order valence-electron chi connectivity index (χ3n) is 4.20. The van der Waals surface area contributed by atoms with E-state index in [4.69, 9.17) is 0 Å². The van der Waals surface area contributed by atoms with Gasteiger partial charge in [0.2, 0.25) is 0 Å². The number of halogens is 1. The maximum Gasteiger partial charge on any atom is 0.311 e. The Balaban J connectivity index is 2.05. The molecule has 4 nitrogen and oxygen atoms in total. The molecule has 1 heterocycles. The number of carbonyl (C=O) groups excluding carboxylic acids is 1. The second-order valence-corrected chi connectivity index (χ2v) is 5.72. The Bertz CT molecular complexity index is 757. The van der Waals surface area contributed by atoms with E-state index >= 15 is 0 Å². The highest BCUT2D eigenvalue weighted by molar-refractivity contribution is 6.07. The summed E-state index contributed by atoms with van der Waals surface area (Å²) < 4.78 is 13.1. The van der Waals surface area contributed by atoms with Crippen LogP contribution < -0.4 is 4.90 Å². The van der Waals surface area contributed by atoms with Crippen LogP contribution in [0.15, 0.2) is 48.5 Å². The maximum absolute atomic E-state index is 13.1. The lowest BCUT2D eigenvalue weighted by molar-refractivity contribution is -0.139. The second-order valence-electron chi connectivity index (χ2n) is 5.72. The number of carboxylic acids is 1. The third kappa shape index (κ3) is 2.70. The van der Waals surface area contributed by atoms with Crippen molar-refractivity contribution in [1.29, 1.82) is 0 Å². The molecular weight excluding hydrogens is 297 g/mol. The molecule has 2 aromatic rings. The Labute approximate surface area is 133 Å². The summed E-state index contributed by atoms with van der Waals surface area (Å²) in [5.41, 5.74) is 1.61. The van der Waals surface area contributed by atoms with Crippen molar-refractivity contribution in [3.8, 4) is 0 Å². The molecule has 3 rings (SSSR count). The molecule has 5 heteroatoms. The standard InChI is InChI=1S/C18H16FNO3/c1-11-10-15(18(22)23)14-4-2-3-5-16(14)20(11)17(21)12-6-8-13(19)9-7-12/h2-9,11,15H,10H2,1H3,(H,22,23)/t11-,15-/m1/s1. The number of hydrogen-bond donors (Lipinski definition) is 1. The minimum Gasteiger partial charge on any atom is -0.481 e. The van der Waals surface area contributed by atoms with Crippen molar-refractivity contribution in [2.75, 3.05) is 4.90 Å². The fourth-order valence-corrected chi connectivity index (χ4v) is 3.09. The van der Waals surface area contributed by atoms with Crippen LogP contribution in [-0.2, 0) is 4.79 Å². The molecule has 0 saturated heterocycles. The van der Waals surface area contributed by atoms with Crippen molar-refractivity contribution in [3.63, 3.8) is 0 Å². The third-order valence-corrected chi connectivity index (χ3v) is 4.20. The first-order chi connectivity index (χ1) is 11.0. The van der Waals surface area contributed by atoms with Gasteiger partial charge >= 0.3 is 5.97 Å². The lowest BCUT2D eigenvalue weighted by Crippen LogP contribution is -2.44. The summed E-state index contributed by atoms with van der Waals surface area (Å²) in [6.45, 7) is 1.83. The molecule has 0 bridgehead atoms. The van der Waals surface area contributed by atoms with Crippen molar-refractivity contribution >= 4 is 17.6 Å². The summed E-state index contributed by atoms with van der Waals surface area (Å²) in [7, 11) is 0. The molecule has 1 aliphatic rings. The Morgan fingerprint density at radius 3 is 2.43 bits per heavy atom. The number of amides is 1. The van der Waals surface area contributed by atoms with Crippen LogP contribution in [0.25, 0.3) is 0 Å². The summed E-state index contributed by atoms with van der Waals surface area (Å²) in [4.78, 5) is 25.9. The van der Waals surface area contributed by atoms with E-state index in [1.165, 1.54) is 24.3 Å². The number of hydrogen-bond acceptors (Lipinski definition) is 2. The molecule has 118 valence electrons. The average molecular weight is 313 g/mol. The molecule has 2 atom stereocenters. The van der Waals surface area contributed by atoms with E-state index in [1.54, 1.807) is 29.2 Å². The molecule has 2 aromatic carbocycles. The number of carboxylic acid groups (broad SMARTS) is 1. The van der Waals surface area contributed by atoms with Gasteiger partial charge in [-0.1, -0.05) is 18.2 Å². The van der Waals surface area contributed by atoms with Gasteiger partial charge in [0.15, 0.2) is 0 Å². The van der Waals surface area contributed by atoms with Crippen LogP contribution in [0.2, 0.25) is 0 Å². The zero-order chi connectivity index (χ0) is 16.6. The number of anilines is 1. The molecule has 0 unspecified atom stereocenters. The second kappa shape index (κ2) is 5.83. The number of benzene rings is 2. The van der Waals surface area contributed by atoms with Gasteiger partial charge in [-0.25, -0.2) is 4.39 Å². The molecule has 23 heavy (non-hydrogen) atoms. The highest BCUT2D eigenvalue weighted by atomic mass is 19.1. The molecule has 1 aliphatic heterocycles. The van der Waals surface area contributed by atoms with Gasteiger partial charge in [-0.15, -0.1) is 0 Å². The quantitative estimate of drug-likeness (QED) is 0.924. The molecule has 1 N–H and O–H groups in total. The summed E-state index contributed by atoms with van der Waals surface area (Å²) in [5, 5.41) is 9.43. The average Bonchev–Trinajstić information content (AvgIpc) is 2.54. The van der Waals surface area contributed by atoms with E-state index in [-0.39, 0.29) is 11.9 Å². The first-order valence-electron chi connectivity index (χ1n) is 7.40. The van der Waals surface area contributed by atoms with E-state index in [0.29, 0.717) is 23.2 Å². The molecule has 0 aromatic heterocycles. The molecule has 0 fully saturated rings. The predicted octanol–water partition coefficient (Wildman–Crippen LogP) is 3.43. The number of fused-ring (bicyclic) bond motifs is 1. The van der Waals surface area contributed by atoms with Gasteiger partial charge in [-0.05, 0) is 49.2 Å². The van der Waals surface area contributed by atoms with Crippen LogP contribution in [0.3, 0.4) is 0 Å². The Hall–Kier alpha value is -2.69. The predicted molar refractivity (Wildman–Crippen MR) is 84.1 cm³/mol. The van der Waals surface area contributed by atoms with E-state index in [0.717, 1.165) is 0 Å². The normalized spacial score (nSPS) is 20.0. The van der Waals surface area contributed by atoms with Gasteiger partial charge in [-0.3, -0.25) is 9.59 Å². The van der Waals surface area contributed by atoms with E-state index in [2.05, 4.69) is 0 Å². The molecule has 0 radical (unpaired) electrons. The Morgan fingerprint density at radius 1 is 1.13 bits per heavy atom. The van der Waals surface area contributed by atoms with Crippen LogP contribution >= 0.6 is 0 Å². The van der Waals surface area contributed by atoms with E-state index in [9.17, 15) is 19.1 Å². The van der Waals surface area contributed by atoms with Crippen LogP contribution in [0.5, 0.6) is 0 Å². The lowest BCUT2D eigenvalue weighted by atomic mass is 9.85. The molecule has 0 spiro atoms. The van der Waals surface area contributed by atoms with Crippen molar-refractivity contribution in [2.45, 2.75) is 25.3 Å². The van der Waals surface area contributed by atoms with Crippen LogP contribution in [-0.4, -0.2) is 23.0 Å². The van der Waals surface area contributed by atoms with Crippen molar-refractivity contribution in [2.24, 2.45) is 0 Å². The fourth-order valence-electron chi connectivity index (χ4n) is 3.09. The summed E-state index contributed by atoms with van der Waals surface area (Å²) in [5.74, 6) is -2.18. The molecule has 1 amide bonds. The highest BCUT2D eigenvalue weighted by Crippen LogP contribution is 2.39. The van der Waals surface area contributed by atoms with Gasteiger partial charge in [-0.2, -0.15) is 0 Å². The molecular formula is C18H16FNO3. The minimum absolute atomic E-state index is 0.256. The van der Waals surface area contributed by atoms with Crippen LogP contribution in [0.1, 0.15) is 35.2 Å². The van der Waals surface area contributed by atoms with Crippen molar-refractivity contribution in [1.82, 2.24) is 0 Å². The Kier molecular flexibility index (Phi) is 3.86. The van der Waals surface area contributed by atoms with Gasteiger partial charge in [0.25, 0.3) is 5.91 Å².